The van der Waals surface area contributed by atoms with Crippen LogP contribution < -0.4 is 10.1 Å². The van der Waals surface area contributed by atoms with E-state index in [-0.39, 0.29) is 11.6 Å². The lowest BCUT2D eigenvalue weighted by molar-refractivity contribution is 0.0948. The Kier molecular flexibility index (Phi) is 5.14. The van der Waals surface area contributed by atoms with Gasteiger partial charge in [-0.25, -0.2) is 15.0 Å². The summed E-state index contributed by atoms with van der Waals surface area (Å²) in [6, 6.07) is 11.3. The van der Waals surface area contributed by atoms with Gasteiger partial charge < -0.3 is 15.0 Å². The largest absolute Gasteiger partial charge is 0.473 e. The lowest BCUT2D eigenvalue weighted by Crippen LogP contribution is -2.26. The number of rotatable bonds is 7. The third kappa shape index (κ3) is 4.39. The van der Waals surface area contributed by atoms with Gasteiger partial charge in [-0.2, -0.15) is 0 Å². The maximum absolute atomic E-state index is 12.1. The van der Waals surface area contributed by atoms with Crippen molar-refractivity contribution in [1.82, 2.24) is 25.3 Å². The van der Waals surface area contributed by atoms with Crippen molar-refractivity contribution in [3.63, 3.8) is 0 Å². The number of benzene rings is 1. The quantitative estimate of drug-likeness (QED) is 0.691. The van der Waals surface area contributed by atoms with Gasteiger partial charge in [0.15, 0.2) is 0 Å². The minimum absolute atomic E-state index is 0.263. The topological polar surface area (TPSA) is 92.8 Å². The van der Waals surface area contributed by atoms with Crippen LogP contribution in [0.3, 0.4) is 0 Å². The molecule has 0 bridgehead atoms. The molecule has 0 spiro atoms. The SMILES string of the molecule is O=C(NCCc1cnc[nH]1)c1cc(OCc2ccccc2)ncn1. The fourth-order valence-electron chi connectivity index (χ4n) is 2.10. The third-order valence-corrected chi connectivity index (χ3v) is 3.34. The molecule has 0 aliphatic heterocycles. The number of amides is 1. The summed E-state index contributed by atoms with van der Waals surface area (Å²) in [7, 11) is 0. The summed E-state index contributed by atoms with van der Waals surface area (Å²) in [6.07, 6.45) is 5.34. The molecule has 2 aromatic heterocycles. The maximum Gasteiger partial charge on any atom is 0.270 e. The number of hydrogen-bond acceptors (Lipinski definition) is 5. The second kappa shape index (κ2) is 7.87. The number of nitrogens with zero attached hydrogens (tertiary/aromatic N) is 3. The van der Waals surface area contributed by atoms with Crippen LogP contribution >= 0.6 is 0 Å². The van der Waals surface area contributed by atoms with Crippen molar-refractivity contribution in [3.8, 4) is 5.88 Å². The first-order chi connectivity index (χ1) is 11.8. The molecule has 24 heavy (non-hydrogen) atoms. The van der Waals surface area contributed by atoms with Crippen LogP contribution in [0.25, 0.3) is 0 Å². The smallest absolute Gasteiger partial charge is 0.270 e. The van der Waals surface area contributed by atoms with Gasteiger partial charge in [0.05, 0.1) is 6.33 Å². The van der Waals surface area contributed by atoms with E-state index in [0.717, 1.165) is 11.3 Å². The van der Waals surface area contributed by atoms with Crippen LogP contribution in [-0.4, -0.2) is 32.4 Å². The number of hydrogen-bond donors (Lipinski definition) is 2. The van der Waals surface area contributed by atoms with Crippen LogP contribution in [-0.2, 0) is 13.0 Å². The van der Waals surface area contributed by atoms with Gasteiger partial charge in [0.1, 0.15) is 18.6 Å². The number of aromatic amines is 1. The van der Waals surface area contributed by atoms with Gasteiger partial charge in [0.2, 0.25) is 5.88 Å². The molecule has 0 unspecified atom stereocenters. The van der Waals surface area contributed by atoms with Gasteiger partial charge >= 0.3 is 0 Å². The number of nitrogens with one attached hydrogen (secondary N) is 2. The van der Waals surface area contributed by atoms with Crippen molar-refractivity contribution in [2.24, 2.45) is 0 Å². The van der Waals surface area contributed by atoms with Crippen LogP contribution in [0, 0.1) is 0 Å². The molecule has 2 heterocycles. The fourth-order valence-corrected chi connectivity index (χ4v) is 2.10. The highest BCUT2D eigenvalue weighted by atomic mass is 16.5. The maximum atomic E-state index is 12.1. The summed E-state index contributed by atoms with van der Waals surface area (Å²) in [6.45, 7) is 0.879. The molecule has 7 nitrogen and oxygen atoms in total. The monoisotopic (exact) mass is 323 g/mol. The van der Waals surface area contributed by atoms with Crippen LogP contribution in [0.4, 0.5) is 0 Å². The molecule has 0 atom stereocenters. The van der Waals surface area contributed by atoms with E-state index in [9.17, 15) is 4.79 Å². The van der Waals surface area contributed by atoms with Crippen molar-refractivity contribution < 1.29 is 9.53 Å². The number of H-pyrrole nitrogens is 1. The highest BCUT2D eigenvalue weighted by Gasteiger charge is 2.09. The highest BCUT2D eigenvalue weighted by Crippen LogP contribution is 2.10. The summed E-state index contributed by atoms with van der Waals surface area (Å²) >= 11 is 0. The molecule has 0 saturated carbocycles. The summed E-state index contributed by atoms with van der Waals surface area (Å²) in [5.41, 5.74) is 2.27. The molecule has 7 heteroatoms. The average molecular weight is 323 g/mol. The Balaban J connectivity index is 1.53. The minimum Gasteiger partial charge on any atom is -0.473 e. The molecule has 3 rings (SSSR count). The Morgan fingerprint density at radius 2 is 2.08 bits per heavy atom. The zero-order chi connectivity index (χ0) is 16.6. The van der Waals surface area contributed by atoms with Crippen molar-refractivity contribution in [2.45, 2.75) is 13.0 Å². The Hall–Kier alpha value is -3.22. The zero-order valence-electron chi connectivity index (χ0n) is 13.0. The summed E-state index contributed by atoms with van der Waals surface area (Å²) in [5, 5.41) is 2.81. The van der Waals surface area contributed by atoms with Crippen molar-refractivity contribution in [3.05, 3.63) is 72.2 Å². The fraction of sp³-hybridized carbons (Fsp3) is 0.176. The molecule has 2 N–H and O–H groups in total. The standard InChI is InChI=1S/C17H17N5O2/c23-17(19-7-6-14-9-18-11-20-14)15-8-16(22-12-21-15)24-10-13-4-2-1-3-5-13/h1-5,8-9,11-12H,6-7,10H2,(H,18,20)(H,19,23). The number of carbonyl (C=O) groups is 1. The summed E-state index contributed by atoms with van der Waals surface area (Å²) in [4.78, 5) is 27.0. The molecule has 3 aromatic rings. The molecule has 0 saturated heterocycles. The highest BCUT2D eigenvalue weighted by molar-refractivity contribution is 5.92. The molecular weight excluding hydrogens is 306 g/mol. The normalized spacial score (nSPS) is 10.3. The summed E-state index contributed by atoms with van der Waals surface area (Å²) < 4.78 is 5.60. The molecule has 122 valence electrons. The first-order valence-electron chi connectivity index (χ1n) is 7.55. The van der Waals surface area contributed by atoms with Gasteiger partial charge in [-0.05, 0) is 5.56 Å². The Labute approximate surface area is 139 Å². The number of aromatic nitrogens is 4. The Morgan fingerprint density at radius 1 is 1.21 bits per heavy atom. The Morgan fingerprint density at radius 3 is 2.88 bits per heavy atom. The third-order valence-electron chi connectivity index (χ3n) is 3.34. The van der Waals surface area contributed by atoms with E-state index < -0.39 is 0 Å². The lowest BCUT2D eigenvalue weighted by atomic mass is 10.2. The van der Waals surface area contributed by atoms with Crippen molar-refractivity contribution in [1.29, 1.82) is 0 Å². The molecule has 0 aliphatic rings. The zero-order valence-corrected chi connectivity index (χ0v) is 13.0. The summed E-state index contributed by atoms with van der Waals surface area (Å²) in [5.74, 6) is 0.106. The van der Waals surface area contributed by atoms with E-state index in [2.05, 4.69) is 25.3 Å². The molecule has 0 aliphatic carbocycles. The number of ether oxygens (including phenoxy) is 1. The minimum atomic E-state index is -0.263. The Bertz CT molecular complexity index is 775. The van der Waals surface area contributed by atoms with Crippen LogP contribution in [0.1, 0.15) is 21.7 Å². The van der Waals surface area contributed by atoms with Gasteiger partial charge in [0.25, 0.3) is 5.91 Å². The molecule has 1 amide bonds. The van der Waals surface area contributed by atoms with Crippen molar-refractivity contribution in [2.75, 3.05) is 6.54 Å². The van der Waals surface area contributed by atoms with Gasteiger partial charge in [0, 0.05) is 30.9 Å². The van der Waals surface area contributed by atoms with E-state index in [1.807, 2.05) is 30.3 Å². The average Bonchev–Trinajstić information content (AvgIpc) is 3.14. The van der Waals surface area contributed by atoms with E-state index in [4.69, 9.17) is 4.74 Å². The van der Waals surface area contributed by atoms with E-state index >= 15 is 0 Å². The van der Waals surface area contributed by atoms with Crippen LogP contribution in [0.5, 0.6) is 5.88 Å². The first kappa shape index (κ1) is 15.7. The van der Waals surface area contributed by atoms with Crippen LogP contribution in [0.15, 0.2) is 55.2 Å². The second-order valence-electron chi connectivity index (χ2n) is 5.10. The molecule has 0 fully saturated rings. The predicted octanol–water partition coefficient (Wildman–Crippen LogP) is 1.75. The van der Waals surface area contributed by atoms with E-state index in [1.165, 1.54) is 12.4 Å². The van der Waals surface area contributed by atoms with E-state index in [1.54, 1.807) is 12.5 Å². The number of imidazole rings is 1. The van der Waals surface area contributed by atoms with Gasteiger partial charge in [-0.3, -0.25) is 4.79 Å². The first-order valence-corrected chi connectivity index (χ1v) is 7.55. The van der Waals surface area contributed by atoms with E-state index in [0.29, 0.717) is 25.5 Å². The molecule has 0 radical (unpaired) electrons. The van der Waals surface area contributed by atoms with Gasteiger partial charge in [-0.15, -0.1) is 0 Å². The predicted molar refractivity (Wildman–Crippen MR) is 87.4 cm³/mol. The van der Waals surface area contributed by atoms with Crippen molar-refractivity contribution >= 4 is 5.91 Å². The van der Waals surface area contributed by atoms with Crippen LogP contribution in [0.2, 0.25) is 0 Å². The molecular formula is C17H17N5O2. The molecule has 1 aromatic carbocycles. The van der Waals surface area contributed by atoms with Gasteiger partial charge in [-0.1, -0.05) is 30.3 Å². The number of carbonyl (C=O) groups excluding carboxylic acids is 1. The lowest BCUT2D eigenvalue weighted by Gasteiger charge is -2.07. The second-order valence-corrected chi connectivity index (χ2v) is 5.10.